The van der Waals surface area contributed by atoms with Crippen LogP contribution in [0, 0.1) is 0 Å². The van der Waals surface area contributed by atoms with Crippen molar-refractivity contribution < 1.29 is 14.6 Å². The van der Waals surface area contributed by atoms with Gasteiger partial charge >= 0.3 is 5.97 Å². The highest BCUT2D eigenvalue weighted by Crippen LogP contribution is 2.18. The first kappa shape index (κ1) is 18.2. The number of carbonyl (C=O) groups excluding carboxylic acids is 1. The first-order valence-electron chi connectivity index (χ1n) is 6.77. The normalized spacial score (nSPS) is 12.9. The van der Waals surface area contributed by atoms with E-state index in [2.05, 4.69) is 4.74 Å². The molecule has 118 valence electrons. The summed E-state index contributed by atoms with van der Waals surface area (Å²) in [6.45, 7) is 0. The average Bonchev–Trinajstić information content (AvgIpc) is 2.54. The van der Waals surface area contributed by atoms with Crippen LogP contribution in [0.25, 0.3) is 0 Å². The van der Waals surface area contributed by atoms with E-state index in [4.69, 9.17) is 5.73 Å². The zero-order valence-electron chi connectivity index (χ0n) is 12.3. The van der Waals surface area contributed by atoms with E-state index in [0.717, 1.165) is 11.1 Å². The molecule has 0 spiro atoms. The third-order valence-electron chi connectivity index (χ3n) is 3.42. The second-order valence-electron chi connectivity index (χ2n) is 4.90. The van der Waals surface area contributed by atoms with Crippen LogP contribution in [0.4, 0.5) is 0 Å². The maximum atomic E-state index is 11.4. The molecule has 0 bridgehead atoms. The minimum absolute atomic E-state index is 0. The van der Waals surface area contributed by atoms with Crippen LogP contribution in [0.2, 0.25) is 0 Å². The number of benzene rings is 2. The van der Waals surface area contributed by atoms with Gasteiger partial charge in [0.05, 0.1) is 24.8 Å². The molecule has 0 saturated carbocycles. The highest BCUT2D eigenvalue weighted by molar-refractivity contribution is 5.89. The van der Waals surface area contributed by atoms with E-state index in [-0.39, 0.29) is 18.4 Å². The predicted octanol–water partition coefficient (Wildman–Crippen LogP) is 2.50. The summed E-state index contributed by atoms with van der Waals surface area (Å²) in [5.41, 5.74) is 8.36. The smallest absolute Gasteiger partial charge is 0.337 e. The van der Waals surface area contributed by atoms with E-state index in [1.54, 1.807) is 24.3 Å². The molecular weight excluding hydrogens is 302 g/mol. The standard InChI is InChI=1S/C17H19NO3.ClH/c1-21-17(20)14-9-7-13(8-10-14)16(18)15(19)11-12-5-3-2-4-6-12;/h2-10,15-16,19H,11,18H2,1H3;1H/t15-,16+;/m1./s1. The summed E-state index contributed by atoms with van der Waals surface area (Å²) in [6, 6.07) is 16.0. The number of carbonyl (C=O) groups is 1. The molecule has 0 fully saturated rings. The zero-order valence-corrected chi connectivity index (χ0v) is 13.1. The lowest BCUT2D eigenvalue weighted by molar-refractivity contribution is 0.0600. The lowest BCUT2D eigenvalue weighted by Gasteiger charge is -2.19. The monoisotopic (exact) mass is 321 g/mol. The Hall–Kier alpha value is -1.88. The van der Waals surface area contributed by atoms with Gasteiger partial charge in [0.25, 0.3) is 0 Å². The largest absolute Gasteiger partial charge is 0.465 e. The van der Waals surface area contributed by atoms with E-state index < -0.39 is 12.1 Å². The van der Waals surface area contributed by atoms with Gasteiger partial charge in [-0.1, -0.05) is 42.5 Å². The van der Waals surface area contributed by atoms with Crippen molar-refractivity contribution in [3.05, 3.63) is 71.3 Å². The highest BCUT2D eigenvalue weighted by atomic mass is 35.5. The van der Waals surface area contributed by atoms with Gasteiger partial charge in [0.1, 0.15) is 0 Å². The summed E-state index contributed by atoms with van der Waals surface area (Å²) in [4.78, 5) is 11.4. The van der Waals surface area contributed by atoms with Gasteiger partial charge in [-0.25, -0.2) is 4.79 Å². The number of rotatable bonds is 5. The second-order valence-corrected chi connectivity index (χ2v) is 4.90. The first-order chi connectivity index (χ1) is 10.1. The number of nitrogens with two attached hydrogens (primary N) is 1. The van der Waals surface area contributed by atoms with Crippen molar-refractivity contribution in [2.24, 2.45) is 5.73 Å². The summed E-state index contributed by atoms with van der Waals surface area (Å²) in [6.07, 6.45) is -0.197. The number of hydrogen-bond acceptors (Lipinski definition) is 4. The van der Waals surface area contributed by atoms with Crippen molar-refractivity contribution in [2.75, 3.05) is 7.11 Å². The molecule has 2 aromatic rings. The summed E-state index contributed by atoms with van der Waals surface area (Å²) in [5.74, 6) is -0.389. The van der Waals surface area contributed by atoms with Crippen LogP contribution in [-0.2, 0) is 11.2 Å². The number of halogens is 1. The van der Waals surface area contributed by atoms with Gasteiger partial charge in [0, 0.05) is 6.42 Å². The fourth-order valence-corrected chi connectivity index (χ4v) is 2.16. The summed E-state index contributed by atoms with van der Waals surface area (Å²) < 4.78 is 4.64. The van der Waals surface area contributed by atoms with E-state index in [1.165, 1.54) is 7.11 Å². The minimum Gasteiger partial charge on any atom is -0.465 e. The lowest BCUT2D eigenvalue weighted by atomic mass is 9.96. The maximum Gasteiger partial charge on any atom is 0.337 e. The van der Waals surface area contributed by atoms with Crippen molar-refractivity contribution in [3.8, 4) is 0 Å². The van der Waals surface area contributed by atoms with Crippen LogP contribution >= 0.6 is 12.4 Å². The maximum absolute atomic E-state index is 11.4. The summed E-state index contributed by atoms with van der Waals surface area (Å²) in [7, 11) is 1.34. The quantitative estimate of drug-likeness (QED) is 0.830. The highest BCUT2D eigenvalue weighted by Gasteiger charge is 2.17. The van der Waals surface area contributed by atoms with Gasteiger partial charge in [-0.2, -0.15) is 0 Å². The number of esters is 1. The first-order valence-corrected chi connectivity index (χ1v) is 6.77. The van der Waals surface area contributed by atoms with E-state index in [0.29, 0.717) is 12.0 Å². The molecule has 2 rings (SSSR count). The molecule has 0 aliphatic heterocycles. The Bertz CT molecular complexity index is 587. The minimum atomic E-state index is -0.684. The summed E-state index contributed by atoms with van der Waals surface area (Å²) >= 11 is 0. The van der Waals surface area contributed by atoms with Crippen LogP contribution in [-0.4, -0.2) is 24.3 Å². The van der Waals surface area contributed by atoms with Gasteiger partial charge in [0.15, 0.2) is 0 Å². The number of hydrogen-bond donors (Lipinski definition) is 2. The molecular formula is C17H20ClNO3. The fourth-order valence-electron chi connectivity index (χ4n) is 2.16. The van der Waals surface area contributed by atoms with Crippen LogP contribution < -0.4 is 5.73 Å². The molecule has 5 heteroatoms. The van der Waals surface area contributed by atoms with E-state index in [9.17, 15) is 9.90 Å². The Morgan fingerprint density at radius 2 is 1.73 bits per heavy atom. The van der Waals surface area contributed by atoms with Crippen molar-refractivity contribution in [2.45, 2.75) is 18.6 Å². The fraction of sp³-hybridized carbons (Fsp3) is 0.235. The van der Waals surface area contributed by atoms with Crippen molar-refractivity contribution in [1.82, 2.24) is 0 Å². The van der Waals surface area contributed by atoms with Gasteiger partial charge in [-0.3, -0.25) is 0 Å². The number of ether oxygens (including phenoxy) is 1. The molecule has 0 unspecified atom stereocenters. The van der Waals surface area contributed by atoms with Crippen LogP contribution in [0.3, 0.4) is 0 Å². The lowest BCUT2D eigenvalue weighted by Crippen LogP contribution is -2.28. The molecule has 0 aromatic heterocycles. The van der Waals surface area contributed by atoms with Crippen molar-refractivity contribution in [3.63, 3.8) is 0 Å². The Balaban J connectivity index is 0.00000242. The molecule has 22 heavy (non-hydrogen) atoms. The van der Waals surface area contributed by atoms with Crippen molar-refractivity contribution >= 4 is 18.4 Å². The Kier molecular flexibility index (Phi) is 7.05. The molecule has 0 amide bonds. The molecule has 0 saturated heterocycles. The molecule has 4 nitrogen and oxygen atoms in total. The van der Waals surface area contributed by atoms with Gasteiger partial charge < -0.3 is 15.6 Å². The zero-order chi connectivity index (χ0) is 15.2. The Morgan fingerprint density at radius 3 is 2.27 bits per heavy atom. The number of aliphatic hydroxyl groups excluding tert-OH is 1. The molecule has 0 aliphatic carbocycles. The third-order valence-corrected chi connectivity index (χ3v) is 3.42. The van der Waals surface area contributed by atoms with Crippen LogP contribution in [0.5, 0.6) is 0 Å². The van der Waals surface area contributed by atoms with Crippen LogP contribution in [0.15, 0.2) is 54.6 Å². The SMILES string of the molecule is COC(=O)c1ccc([C@H](N)[C@H](O)Cc2ccccc2)cc1.Cl. The molecule has 3 N–H and O–H groups in total. The van der Waals surface area contributed by atoms with E-state index >= 15 is 0 Å². The summed E-state index contributed by atoms with van der Waals surface area (Å²) in [5, 5.41) is 10.2. The number of methoxy groups -OCH3 is 1. The number of aliphatic hydroxyl groups is 1. The third kappa shape index (κ3) is 4.56. The molecule has 0 radical (unpaired) electrons. The molecule has 2 atom stereocenters. The van der Waals surface area contributed by atoms with Crippen LogP contribution in [0.1, 0.15) is 27.5 Å². The van der Waals surface area contributed by atoms with Crippen molar-refractivity contribution in [1.29, 1.82) is 0 Å². The second kappa shape index (κ2) is 8.54. The van der Waals surface area contributed by atoms with Gasteiger partial charge in [-0.05, 0) is 23.3 Å². The Morgan fingerprint density at radius 1 is 1.14 bits per heavy atom. The van der Waals surface area contributed by atoms with Gasteiger partial charge in [0.2, 0.25) is 0 Å². The van der Waals surface area contributed by atoms with E-state index in [1.807, 2.05) is 30.3 Å². The average molecular weight is 322 g/mol. The molecule has 0 heterocycles. The molecule has 0 aliphatic rings. The topological polar surface area (TPSA) is 72.5 Å². The molecule has 2 aromatic carbocycles. The van der Waals surface area contributed by atoms with Gasteiger partial charge in [-0.15, -0.1) is 12.4 Å². The predicted molar refractivity (Wildman–Crippen MR) is 88.1 cm³/mol. The Labute approximate surface area is 136 Å².